The molecule has 0 aliphatic rings. The normalized spacial score (nSPS) is 13.1. The molecule has 0 aliphatic heterocycles. The highest BCUT2D eigenvalue weighted by Crippen LogP contribution is 2.28. The van der Waals surface area contributed by atoms with Crippen molar-refractivity contribution in [2.45, 2.75) is 32.0 Å². The average molecular weight is 274 g/mol. The van der Waals surface area contributed by atoms with E-state index in [4.69, 9.17) is 5.73 Å². The van der Waals surface area contributed by atoms with E-state index in [1.807, 2.05) is 6.92 Å². The highest BCUT2D eigenvalue weighted by atomic mass is 19.4. The Hall–Kier alpha value is -1.56. The van der Waals surface area contributed by atoms with Gasteiger partial charge in [-0.3, -0.25) is 4.79 Å². The van der Waals surface area contributed by atoms with Gasteiger partial charge in [-0.1, -0.05) is 6.92 Å². The van der Waals surface area contributed by atoms with Crippen molar-refractivity contribution in [3.8, 4) is 0 Å². The van der Waals surface area contributed by atoms with Gasteiger partial charge in [0.05, 0.1) is 5.56 Å². The molecule has 0 aliphatic carbocycles. The van der Waals surface area contributed by atoms with Gasteiger partial charge in [0.2, 0.25) is 0 Å². The maximum absolute atomic E-state index is 12.3. The van der Waals surface area contributed by atoms with Crippen LogP contribution in [-0.4, -0.2) is 18.5 Å². The van der Waals surface area contributed by atoms with Gasteiger partial charge in [-0.05, 0) is 37.1 Å². The molecule has 0 saturated carbocycles. The van der Waals surface area contributed by atoms with Crippen molar-refractivity contribution in [1.82, 2.24) is 5.32 Å². The number of carbonyl (C=O) groups is 1. The van der Waals surface area contributed by atoms with E-state index in [2.05, 4.69) is 5.32 Å². The molecule has 0 saturated heterocycles. The number of halogens is 3. The molecule has 1 amide bonds. The molecule has 0 heterocycles. The highest BCUT2D eigenvalue weighted by Gasteiger charge is 2.30. The van der Waals surface area contributed by atoms with Gasteiger partial charge in [0, 0.05) is 18.2 Å². The smallest absolute Gasteiger partial charge is 0.352 e. The Morgan fingerprint density at radius 2 is 1.89 bits per heavy atom. The second-order valence-electron chi connectivity index (χ2n) is 4.29. The fourth-order valence-electron chi connectivity index (χ4n) is 1.49. The molecule has 0 radical (unpaired) electrons. The lowest BCUT2D eigenvalue weighted by molar-refractivity contribution is -0.137. The number of nitrogens with one attached hydrogen (secondary N) is 1. The molecule has 1 rings (SSSR count). The number of hydrogen-bond acceptors (Lipinski definition) is 2. The Balaban J connectivity index is 2.54. The van der Waals surface area contributed by atoms with Crippen molar-refractivity contribution in [2.75, 3.05) is 6.54 Å². The molecule has 1 atom stereocenters. The van der Waals surface area contributed by atoms with Gasteiger partial charge in [-0.25, -0.2) is 0 Å². The molecule has 0 aromatic heterocycles. The lowest BCUT2D eigenvalue weighted by Crippen LogP contribution is -2.30. The van der Waals surface area contributed by atoms with Crippen LogP contribution in [-0.2, 0) is 6.18 Å². The number of amides is 1. The minimum Gasteiger partial charge on any atom is -0.352 e. The number of rotatable bonds is 5. The molecule has 1 unspecified atom stereocenters. The first-order valence-corrected chi connectivity index (χ1v) is 6.05. The zero-order chi connectivity index (χ0) is 14.5. The summed E-state index contributed by atoms with van der Waals surface area (Å²) in [5.41, 5.74) is 5.13. The lowest BCUT2D eigenvalue weighted by Gasteiger charge is -2.10. The van der Waals surface area contributed by atoms with Crippen LogP contribution in [0.4, 0.5) is 13.2 Å². The van der Waals surface area contributed by atoms with Crippen LogP contribution in [0.25, 0.3) is 0 Å². The molecule has 1 aromatic rings. The van der Waals surface area contributed by atoms with E-state index in [1.54, 1.807) is 0 Å². The van der Waals surface area contributed by atoms with Gasteiger partial charge >= 0.3 is 6.18 Å². The maximum atomic E-state index is 12.3. The van der Waals surface area contributed by atoms with E-state index in [-0.39, 0.29) is 11.6 Å². The standard InChI is InChI=1S/C13H17F3N2O/c1-2-11(17)7-8-18-12(19)9-3-5-10(6-4-9)13(14,15)16/h3-6,11H,2,7-8,17H2,1H3,(H,18,19). The van der Waals surface area contributed by atoms with Crippen LogP contribution in [0.1, 0.15) is 35.7 Å². The van der Waals surface area contributed by atoms with E-state index in [1.165, 1.54) is 0 Å². The van der Waals surface area contributed by atoms with Crippen molar-refractivity contribution in [3.63, 3.8) is 0 Å². The first-order chi connectivity index (χ1) is 8.84. The number of alkyl halides is 3. The molecular formula is C13H17F3N2O. The van der Waals surface area contributed by atoms with Crippen molar-refractivity contribution >= 4 is 5.91 Å². The summed E-state index contributed by atoms with van der Waals surface area (Å²) in [4.78, 5) is 11.6. The van der Waals surface area contributed by atoms with Crippen LogP contribution in [0.5, 0.6) is 0 Å². The summed E-state index contributed by atoms with van der Waals surface area (Å²) >= 11 is 0. The Bertz CT molecular complexity index is 415. The second-order valence-corrected chi connectivity index (χ2v) is 4.29. The van der Waals surface area contributed by atoms with E-state index in [9.17, 15) is 18.0 Å². The molecule has 106 valence electrons. The fraction of sp³-hybridized carbons (Fsp3) is 0.462. The number of hydrogen-bond donors (Lipinski definition) is 2. The quantitative estimate of drug-likeness (QED) is 0.867. The van der Waals surface area contributed by atoms with Crippen molar-refractivity contribution in [3.05, 3.63) is 35.4 Å². The first kappa shape index (κ1) is 15.5. The van der Waals surface area contributed by atoms with Crippen molar-refractivity contribution in [2.24, 2.45) is 5.73 Å². The minimum absolute atomic E-state index is 0.0212. The zero-order valence-electron chi connectivity index (χ0n) is 10.6. The number of carbonyl (C=O) groups excluding carboxylic acids is 1. The molecule has 3 N–H and O–H groups in total. The summed E-state index contributed by atoms with van der Waals surface area (Å²) in [5.74, 6) is -0.392. The third-order valence-electron chi connectivity index (χ3n) is 2.80. The van der Waals surface area contributed by atoms with Gasteiger partial charge in [0.15, 0.2) is 0 Å². The molecule has 0 bridgehead atoms. The summed E-state index contributed by atoms with van der Waals surface area (Å²) < 4.78 is 37.0. The molecule has 19 heavy (non-hydrogen) atoms. The summed E-state index contributed by atoms with van der Waals surface area (Å²) in [6.45, 7) is 2.36. The zero-order valence-corrected chi connectivity index (χ0v) is 10.6. The van der Waals surface area contributed by atoms with E-state index in [0.717, 1.165) is 30.7 Å². The molecule has 3 nitrogen and oxygen atoms in total. The molecule has 6 heteroatoms. The Morgan fingerprint density at radius 1 is 1.32 bits per heavy atom. The summed E-state index contributed by atoms with van der Waals surface area (Å²) in [5, 5.41) is 2.62. The van der Waals surface area contributed by atoms with Crippen LogP contribution >= 0.6 is 0 Å². The maximum Gasteiger partial charge on any atom is 0.416 e. The van der Waals surface area contributed by atoms with Crippen LogP contribution < -0.4 is 11.1 Å². The van der Waals surface area contributed by atoms with Gasteiger partial charge in [-0.15, -0.1) is 0 Å². The van der Waals surface area contributed by atoms with E-state index < -0.39 is 17.6 Å². The predicted molar refractivity (Wildman–Crippen MR) is 66.7 cm³/mol. The summed E-state index contributed by atoms with van der Waals surface area (Å²) in [7, 11) is 0. The number of benzene rings is 1. The van der Waals surface area contributed by atoms with Crippen molar-refractivity contribution < 1.29 is 18.0 Å². The highest BCUT2D eigenvalue weighted by molar-refractivity contribution is 5.94. The van der Waals surface area contributed by atoms with Crippen molar-refractivity contribution in [1.29, 1.82) is 0 Å². The summed E-state index contributed by atoms with van der Waals surface area (Å²) in [6, 6.07) is 4.14. The molecule has 1 aromatic carbocycles. The Kier molecular flexibility index (Phi) is 5.35. The van der Waals surface area contributed by atoms with Crippen LogP contribution in [0.3, 0.4) is 0 Å². The van der Waals surface area contributed by atoms with E-state index >= 15 is 0 Å². The van der Waals surface area contributed by atoms with Gasteiger partial charge in [-0.2, -0.15) is 13.2 Å². The third kappa shape index (κ3) is 4.90. The Morgan fingerprint density at radius 3 is 2.37 bits per heavy atom. The second kappa shape index (κ2) is 6.56. The number of nitrogens with two attached hydrogens (primary N) is 1. The van der Waals surface area contributed by atoms with Crippen LogP contribution in [0.2, 0.25) is 0 Å². The van der Waals surface area contributed by atoms with Crippen LogP contribution in [0, 0.1) is 0 Å². The molecular weight excluding hydrogens is 257 g/mol. The minimum atomic E-state index is -4.39. The predicted octanol–water partition coefficient (Wildman–Crippen LogP) is 2.56. The topological polar surface area (TPSA) is 55.1 Å². The summed E-state index contributed by atoms with van der Waals surface area (Å²) in [6.07, 6.45) is -2.93. The SMILES string of the molecule is CCC(N)CCNC(=O)c1ccc(C(F)(F)F)cc1. The van der Waals surface area contributed by atoms with Gasteiger partial charge in [0.1, 0.15) is 0 Å². The first-order valence-electron chi connectivity index (χ1n) is 6.05. The molecule has 0 fully saturated rings. The monoisotopic (exact) mass is 274 g/mol. The van der Waals surface area contributed by atoms with Crippen LogP contribution in [0.15, 0.2) is 24.3 Å². The van der Waals surface area contributed by atoms with E-state index in [0.29, 0.717) is 13.0 Å². The lowest BCUT2D eigenvalue weighted by atomic mass is 10.1. The fourth-order valence-corrected chi connectivity index (χ4v) is 1.49. The average Bonchev–Trinajstić information content (AvgIpc) is 2.37. The Labute approximate surface area is 110 Å². The largest absolute Gasteiger partial charge is 0.416 e. The third-order valence-corrected chi connectivity index (χ3v) is 2.80. The molecule has 0 spiro atoms. The van der Waals surface area contributed by atoms with Gasteiger partial charge < -0.3 is 11.1 Å². The van der Waals surface area contributed by atoms with Gasteiger partial charge in [0.25, 0.3) is 5.91 Å².